The summed E-state index contributed by atoms with van der Waals surface area (Å²) in [6.07, 6.45) is 0. The Morgan fingerprint density at radius 3 is 3.12 bits per heavy atom. The molecule has 1 aromatic heterocycles. The van der Waals surface area contributed by atoms with Gasteiger partial charge in [0, 0.05) is 18.1 Å². The summed E-state index contributed by atoms with van der Waals surface area (Å²) in [4.78, 5) is 4.43. The van der Waals surface area contributed by atoms with Crippen LogP contribution in [0.5, 0.6) is 0 Å². The van der Waals surface area contributed by atoms with Crippen molar-refractivity contribution in [1.82, 2.24) is 4.98 Å². The Balaban J connectivity index is 2.32. The molecule has 0 amide bonds. The van der Waals surface area contributed by atoms with Crippen molar-refractivity contribution >= 4 is 11.3 Å². The fourth-order valence-electron chi connectivity index (χ4n) is 1.38. The van der Waals surface area contributed by atoms with Gasteiger partial charge in [-0.3, -0.25) is 0 Å². The predicted molar refractivity (Wildman–Crippen MR) is 63.0 cm³/mol. The normalized spacial score (nSPS) is 10.0. The first-order chi connectivity index (χ1) is 7.83. The van der Waals surface area contributed by atoms with E-state index in [-0.39, 0.29) is 0 Å². The molecule has 0 N–H and O–H groups in total. The molecule has 2 rings (SSSR count). The number of nitrogens with zero attached hydrogens (tertiary/aromatic N) is 2. The van der Waals surface area contributed by atoms with Gasteiger partial charge in [0.25, 0.3) is 0 Å². The van der Waals surface area contributed by atoms with Crippen molar-refractivity contribution in [2.24, 2.45) is 0 Å². The van der Waals surface area contributed by atoms with Crippen molar-refractivity contribution in [3.63, 3.8) is 0 Å². The second kappa shape index (κ2) is 4.88. The van der Waals surface area contributed by atoms with Gasteiger partial charge in [0.2, 0.25) is 0 Å². The van der Waals surface area contributed by atoms with Gasteiger partial charge in [-0.15, -0.1) is 11.3 Å². The molecule has 1 heterocycles. The lowest BCUT2D eigenvalue weighted by atomic mass is 10.1. The van der Waals surface area contributed by atoms with Crippen molar-refractivity contribution in [2.75, 3.05) is 7.11 Å². The maximum atomic E-state index is 8.81. The number of hydrogen-bond acceptors (Lipinski definition) is 4. The third kappa shape index (κ3) is 2.27. The third-order valence-electron chi connectivity index (χ3n) is 2.11. The number of ether oxygens (including phenoxy) is 1. The number of nitriles is 1. The van der Waals surface area contributed by atoms with E-state index in [0.29, 0.717) is 12.2 Å². The number of hydrogen-bond donors (Lipinski definition) is 0. The maximum Gasteiger partial charge on any atom is 0.119 e. The van der Waals surface area contributed by atoms with Crippen molar-refractivity contribution in [2.45, 2.75) is 6.61 Å². The molecule has 0 bridgehead atoms. The Morgan fingerprint density at radius 2 is 2.38 bits per heavy atom. The highest BCUT2D eigenvalue weighted by Crippen LogP contribution is 2.22. The quantitative estimate of drug-likeness (QED) is 0.814. The first-order valence-corrected chi connectivity index (χ1v) is 5.65. The van der Waals surface area contributed by atoms with Crippen molar-refractivity contribution < 1.29 is 4.74 Å². The summed E-state index contributed by atoms with van der Waals surface area (Å²) in [6.45, 7) is 0.530. The van der Waals surface area contributed by atoms with E-state index in [4.69, 9.17) is 10.00 Å². The summed E-state index contributed by atoms with van der Waals surface area (Å²) in [5.41, 5.74) is 2.52. The SMILES string of the molecule is COCc1nc(-c2cccc(C#N)c2)cs1. The van der Waals surface area contributed by atoms with Crippen molar-refractivity contribution in [1.29, 1.82) is 5.26 Å². The third-order valence-corrected chi connectivity index (χ3v) is 2.93. The van der Waals surface area contributed by atoms with Crippen LogP contribution in [0.1, 0.15) is 10.6 Å². The lowest BCUT2D eigenvalue weighted by molar-refractivity contribution is 0.184. The molecule has 0 saturated heterocycles. The number of thiazole rings is 1. The van der Waals surface area contributed by atoms with E-state index < -0.39 is 0 Å². The minimum absolute atomic E-state index is 0.530. The number of rotatable bonds is 3. The monoisotopic (exact) mass is 230 g/mol. The summed E-state index contributed by atoms with van der Waals surface area (Å²) < 4.78 is 5.02. The van der Waals surface area contributed by atoms with Gasteiger partial charge >= 0.3 is 0 Å². The van der Waals surface area contributed by atoms with E-state index in [1.807, 2.05) is 23.6 Å². The molecule has 1 aromatic carbocycles. The maximum absolute atomic E-state index is 8.81. The van der Waals surface area contributed by atoms with Gasteiger partial charge < -0.3 is 4.74 Å². The Kier molecular flexibility index (Phi) is 3.30. The predicted octanol–water partition coefficient (Wildman–Crippen LogP) is 2.83. The zero-order valence-corrected chi connectivity index (χ0v) is 9.62. The highest BCUT2D eigenvalue weighted by molar-refractivity contribution is 7.09. The molecule has 0 aliphatic heterocycles. The standard InChI is InChI=1S/C12H10N2OS/c1-15-7-12-14-11(8-16-12)10-4-2-3-9(5-10)6-13/h2-5,8H,7H2,1H3. The smallest absolute Gasteiger partial charge is 0.119 e. The van der Waals surface area contributed by atoms with E-state index >= 15 is 0 Å². The average Bonchev–Trinajstić information content (AvgIpc) is 2.78. The van der Waals surface area contributed by atoms with Gasteiger partial charge in [-0.05, 0) is 12.1 Å². The fourth-order valence-corrected chi connectivity index (χ4v) is 2.15. The van der Waals surface area contributed by atoms with Crippen molar-refractivity contribution in [3.05, 3.63) is 40.2 Å². The second-order valence-corrected chi connectivity index (χ2v) is 4.19. The minimum Gasteiger partial charge on any atom is -0.378 e. The van der Waals surface area contributed by atoms with Crippen LogP contribution in [-0.2, 0) is 11.3 Å². The summed E-state index contributed by atoms with van der Waals surface area (Å²) in [5, 5.41) is 11.7. The van der Waals surface area contributed by atoms with Crippen LogP contribution in [0.25, 0.3) is 11.3 Å². The molecular formula is C12H10N2OS. The molecule has 3 nitrogen and oxygen atoms in total. The van der Waals surface area contributed by atoms with Gasteiger partial charge in [-0.1, -0.05) is 12.1 Å². The Labute approximate surface area is 97.9 Å². The molecule has 2 aromatic rings. The molecule has 0 aliphatic carbocycles. The van der Waals surface area contributed by atoms with Gasteiger partial charge in [0.1, 0.15) is 5.01 Å². The first-order valence-electron chi connectivity index (χ1n) is 4.77. The Morgan fingerprint density at radius 1 is 1.50 bits per heavy atom. The second-order valence-electron chi connectivity index (χ2n) is 3.25. The van der Waals surface area contributed by atoms with E-state index in [1.165, 1.54) is 0 Å². The summed E-state index contributed by atoms with van der Waals surface area (Å²) in [5.74, 6) is 0. The van der Waals surface area contributed by atoms with Crippen LogP contribution < -0.4 is 0 Å². The molecule has 0 atom stereocenters. The molecule has 16 heavy (non-hydrogen) atoms. The van der Waals surface area contributed by atoms with E-state index in [1.54, 1.807) is 24.5 Å². The molecule has 80 valence electrons. The highest BCUT2D eigenvalue weighted by atomic mass is 32.1. The van der Waals surface area contributed by atoms with E-state index in [2.05, 4.69) is 11.1 Å². The minimum atomic E-state index is 0.530. The molecule has 0 radical (unpaired) electrons. The number of benzene rings is 1. The zero-order valence-electron chi connectivity index (χ0n) is 8.80. The van der Waals surface area contributed by atoms with Crippen LogP contribution in [0, 0.1) is 11.3 Å². The van der Waals surface area contributed by atoms with Gasteiger partial charge in [0.15, 0.2) is 0 Å². The Bertz CT molecular complexity index is 528. The van der Waals surface area contributed by atoms with Crippen LogP contribution in [0.4, 0.5) is 0 Å². The van der Waals surface area contributed by atoms with Gasteiger partial charge in [-0.2, -0.15) is 5.26 Å². The van der Waals surface area contributed by atoms with Crippen LogP contribution in [0.15, 0.2) is 29.6 Å². The molecule has 0 unspecified atom stereocenters. The van der Waals surface area contributed by atoms with Crippen LogP contribution in [-0.4, -0.2) is 12.1 Å². The Hall–Kier alpha value is -1.70. The summed E-state index contributed by atoms with van der Waals surface area (Å²) in [7, 11) is 1.65. The lowest BCUT2D eigenvalue weighted by Crippen LogP contribution is -1.86. The average molecular weight is 230 g/mol. The van der Waals surface area contributed by atoms with Crippen LogP contribution in [0.2, 0.25) is 0 Å². The molecule has 4 heteroatoms. The van der Waals surface area contributed by atoms with Crippen molar-refractivity contribution in [3.8, 4) is 17.3 Å². The first kappa shape index (κ1) is 10.8. The summed E-state index contributed by atoms with van der Waals surface area (Å²) >= 11 is 1.56. The van der Waals surface area contributed by atoms with E-state index in [9.17, 15) is 0 Å². The molecule has 0 saturated carbocycles. The van der Waals surface area contributed by atoms with Gasteiger partial charge in [0.05, 0.1) is 23.9 Å². The largest absolute Gasteiger partial charge is 0.378 e. The lowest BCUT2D eigenvalue weighted by Gasteiger charge is -1.96. The van der Waals surface area contributed by atoms with Gasteiger partial charge in [-0.25, -0.2) is 4.98 Å². The molecule has 0 spiro atoms. The fraction of sp³-hybridized carbons (Fsp3) is 0.167. The topological polar surface area (TPSA) is 45.9 Å². The number of methoxy groups -OCH3 is 1. The van der Waals surface area contributed by atoms with Crippen LogP contribution >= 0.6 is 11.3 Å². The van der Waals surface area contributed by atoms with Crippen LogP contribution in [0.3, 0.4) is 0 Å². The zero-order chi connectivity index (χ0) is 11.4. The molecule has 0 fully saturated rings. The molecular weight excluding hydrogens is 220 g/mol. The van der Waals surface area contributed by atoms with E-state index in [0.717, 1.165) is 16.3 Å². The number of aromatic nitrogens is 1. The highest BCUT2D eigenvalue weighted by Gasteiger charge is 2.04. The molecule has 0 aliphatic rings. The summed E-state index contributed by atoms with van der Waals surface area (Å²) in [6, 6.07) is 9.56.